The second-order valence-corrected chi connectivity index (χ2v) is 9.47. The Kier molecular flexibility index (Phi) is 5.30. The molecular formula is C26H24ClN3O2S. The number of para-hydroxylation sites is 1. The van der Waals surface area contributed by atoms with Crippen LogP contribution in [0.4, 0.5) is 11.4 Å². The molecule has 0 radical (unpaired) electrons. The third kappa shape index (κ3) is 3.54. The minimum atomic E-state index is -1.05. The highest BCUT2D eigenvalue weighted by molar-refractivity contribution is 7.80. The molecule has 5 nitrogen and oxygen atoms in total. The fraction of sp³-hybridized carbons (Fsp3) is 0.231. The SMILES string of the molecule is Cc1cccc(N2C(=S)NC3c4ccccc4OC2(C)C3C(=O)Nc2ccc(Cl)cc2)c1C. The molecule has 0 aliphatic carbocycles. The lowest BCUT2D eigenvalue weighted by Gasteiger charge is -2.56. The van der Waals surface area contributed by atoms with Gasteiger partial charge in [0.25, 0.3) is 0 Å². The molecule has 2 N–H and O–H groups in total. The maximum Gasteiger partial charge on any atom is 0.236 e. The van der Waals surface area contributed by atoms with Gasteiger partial charge in [-0.3, -0.25) is 9.69 Å². The van der Waals surface area contributed by atoms with E-state index in [1.807, 2.05) is 48.2 Å². The average molecular weight is 478 g/mol. The Morgan fingerprint density at radius 3 is 2.58 bits per heavy atom. The standard InChI is InChI=1S/C26H24ClN3O2S/c1-15-7-6-9-20(16(15)2)30-25(33)29-23-19-8-4-5-10-21(19)32-26(30,3)22(23)24(31)28-18-13-11-17(27)12-14-18/h4-14,22-23H,1-3H3,(H,28,31)(H,29,33). The van der Waals surface area contributed by atoms with E-state index in [9.17, 15) is 4.79 Å². The summed E-state index contributed by atoms with van der Waals surface area (Å²) in [4.78, 5) is 15.7. The summed E-state index contributed by atoms with van der Waals surface area (Å²) in [7, 11) is 0. The van der Waals surface area contributed by atoms with E-state index in [1.54, 1.807) is 24.3 Å². The number of hydrogen-bond donors (Lipinski definition) is 2. The van der Waals surface area contributed by atoms with Gasteiger partial charge in [0.05, 0.1) is 11.7 Å². The highest BCUT2D eigenvalue weighted by atomic mass is 35.5. The van der Waals surface area contributed by atoms with Crippen LogP contribution in [0.2, 0.25) is 5.02 Å². The Balaban J connectivity index is 1.64. The lowest BCUT2D eigenvalue weighted by atomic mass is 9.78. The predicted octanol–water partition coefficient (Wildman–Crippen LogP) is 5.76. The molecule has 2 bridgehead atoms. The van der Waals surface area contributed by atoms with E-state index in [-0.39, 0.29) is 11.9 Å². The van der Waals surface area contributed by atoms with Gasteiger partial charge in [0.15, 0.2) is 10.8 Å². The second kappa shape index (κ2) is 8.04. The van der Waals surface area contributed by atoms with Crippen LogP contribution in [0.15, 0.2) is 66.7 Å². The molecule has 1 saturated heterocycles. The lowest BCUT2D eigenvalue weighted by Crippen LogP contribution is -2.72. The van der Waals surface area contributed by atoms with Gasteiger partial charge >= 0.3 is 0 Å². The van der Waals surface area contributed by atoms with Crippen LogP contribution in [0, 0.1) is 19.8 Å². The number of thiocarbonyl (C=S) groups is 1. The van der Waals surface area contributed by atoms with Crippen molar-refractivity contribution in [2.75, 3.05) is 10.2 Å². The van der Waals surface area contributed by atoms with Gasteiger partial charge in [0, 0.05) is 16.3 Å². The Morgan fingerprint density at radius 1 is 1.09 bits per heavy atom. The Labute approximate surface area is 203 Å². The van der Waals surface area contributed by atoms with Crippen molar-refractivity contribution in [3.8, 4) is 5.75 Å². The second-order valence-electron chi connectivity index (χ2n) is 8.65. The number of hydrogen-bond acceptors (Lipinski definition) is 3. The number of halogens is 1. The summed E-state index contributed by atoms with van der Waals surface area (Å²) in [5.74, 6) is -0.00910. The molecule has 33 heavy (non-hydrogen) atoms. The van der Waals surface area contributed by atoms with E-state index in [0.29, 0.717) is 15.8 Å². The van der Waals surface area contributed by atoms with Crippen LogP contribution in [0.1, 0.15) is 29.7 Å². The zero-order chi connectivity index (χ0) is 23.3. The van der Waals surface area contributed by atoms with Crippen molar-refractivity contribution in [3.63, 3.8) is 0 Å². The normalized spacial score (nSPS) is 23.3. The molecule has 5 rings (SSSR count). The number of carbonyl (C=O) groups excluding carboxylic acids is 1. The average Bonchev–Trinajstić information content (AvgIpc) is 2.77. The minimum absolute atomic E-state index is 0.162. The van der Waals surface area contributed by atoms with E-state index in [1.165, 1.54) is 0 Å². The number of anilines is 2. The molecule has 0 saturated carbocycles. The first kappa shape index (κ1) is 21.7. The summed E-state index contributed by atoms with van der Waals surface area (Å²) in [5, 5.41) is 7.63. The molecule has 3 unspecified atom stereocenters. The number of carbonyl (C=O) groups is 1. The van der Waals surface area contributed by atoms with Crippen LogP contribution in [0.25, 0.3) is 0 Å². The van der Waals surface area contributed by atoms with E-state index in [0.717, 1.165) is 28.1 Å². The van der Waals surface area contributed by atoms with Crippen LogP contribution >= 0.6 is 23.8 Å². The van der Waals surface area contributed by atoms with Gasteiger partial charge in [-0.15, -0.1) is 0 Å². The van der Waals surface area contributed by atoms with Crippen molar-refractivity contribution < 1.29 is 9.53 Å². The van der Waals surface area contributed by atoms with Crippen LogP contribution in [0.5, 0.6) is 5.75 Å². The first-order valence-electron chi connectivity index (χ1n) is 10.8. The maximum absolute atomic E-state index is 13.8. The van der Waals surface area contributed by atoms with Crippen LogP contribution in [-0.4, -0.2) is 16.7 Å². The maximum atomic E-state index is 13.8. The van der Waals surface area contributed by atoms with Crippen LogP contribution in [0.3, 0.4) is 0 Å². The number of fused-ring (bicyclic) bond motifs is 4. The number of aryl methyl sites for hydroxylation is 1. The van der Waals surface area contributed by atoms with Crippen molar-refractivity contribution >= 4 is 46.2 Å². The fourth-order valence-corrected chi connectivity index (χ4v) is 5.36. The summed E-state index contributed by atoms with van der Waals surface area (Å²) in [5.41, 5.74) is 3.67. The number of rotatable bonds is 3. The van der Waals surface area contributed by atoms with Gasteiger partial charge in [0.2, 0.25) is 5.91 Å². The molecule has 168 valence electrons. The lowest BCUT2D eigenvalue weighted by molar-refractivity contribution is -0.130. The van der Waals surface area contributed by atoms with Gasteiger partial charge in [-0.25, -0.2) is 0 Å². The molecule has 0 spiro atoms. The van der Waals surface area contributed by atoms with Gasteiger partial charge in [0.1, 0.15) is 11.7 Å². The first-order valence-corrected chi connectivity index (χ1v) is 11.6. The molecule has 3 aromatic rings. The molecule has 1 amide bonds. The zero-order valence-corrected chi connectivity index (χ0v) is 20.1. The van der Waals surface area contributed by atoms with Gasteiger partial charge in [-0.05, 0) is 80.5 Å². The van der Waals surface area contributed by atoms with Crippen molar-refractivity contribution in [1.82, 2.24) is 5.32 Å². The highest BCUT2D eigenvalue weighted by Crippen LogP contribution is 2.50. The number of ether oxygens (including phenoxy) is 1. The van der Waals surface area contributed by atoms with E-state index in [2.05, 4.69) is 30.5 Å². The molecule has 0 aromatic heterocycles. The monoisotopic (exact) mass is 477 g/mol. The quantitative estimate of drug-likeness (QED) is 0.470. The van der Waals surface area contributed by atoms with Gasteiger partial charge in [-0.2, -0.15) is 0 Å². The van der Waals surface area contributed by atoms with Gasteiger partial charge in [-0.1, -0.05) is 41.9 Å². The van der Waals surface area contributed by atoms with E-state index < -0.39 is 11.6 Å². The first-order chi connectivity index (χ1) is 15.8. The topological polar surface area (TPSA) is 53.6 Å². The van der Waals surface area contributed by atoms with Crippen molar-refractivity contribution in [2.24, 2.45) is 5.92 Å². The van der Waals surface area contributed by atoms with Crippen molar-refractivity contribution in [1.29, 1.82) is 0 Å². The Hall–Kier alpha value is -3.09. The minimum Gasteiger partial charge on any atom is -0.467 e. The molecular weight excluding hydrogens is 454 g/mol. The molecule has 2 aliphatic heterocycles. The zero-order valence-electron chi connectivity index (χ0n) is 18.6. The molecule has 1 fully saturated rings. The number of amides is 1. The summed E-state index contributed by atoms with van der Waals surface area (Å²) in [6.07, 6.45) is 0. The fourth-order valence-electron chi connectivity index (χ4n) is 4.82. The Bertz CT molecular complexity index is 1260. The van der Waals surface area contributed by atoms with Crippen LogP contribution in [-0.2, 0) is 4.79 Å². The number of nitrogens with one attached hydrogen (secondary N) is 2. The highest BCUT2D eigenvalue weighted by Gasteiger charge is 2.59. The largest absolute Gasteiger partial charge is 0.467 e. The summed E-state index contributed by atoms with van der Waals surface area (Å²) < 4.78 is 6.63. The smallest absolute Gasteiger partial charge is 0.236 e. The molecule has 7 heteroatoms. The molecule has 2 aliphatic rings. The Morgan fingerprint density at radius 2 is 1.82 bits per heavy atom. The summed E-state index contributed by atoms with van der Waals surface area (Å²) in [6, 6.07) is 20.6. The number of benzene rings is 3. The number of nitrogens with zero attached hydrogens (tertiary/aromatic N) is 1. The van der Waals surface area contributed by atoms with Crippen molar-refractivity contribution in [2.45, 2.75) is 32.5 Å². The van der Waals surface area contributed by atoms with E-state index >= 15 is 0 Å². The summed E-state index contributed by atoms with van der Waals surface area (Å²) in [6.45, 7) is 6.06. The third-order valence-electron chi connectivity index (χ3n) is 6.62. The molecule has 3 atom stereocenters. The summed E-state index contributed by atoms with van der Waals surface area (Å²) >= 11 is 11.9. The molecule has 3 aromatic carbocycles. The van der Waals surface area contributed by atoms with Crippen molar-refractivity contribution in [3.05, 3.63) is 88.4 Å². The third-order valence-corrected chi connectivity index (χ3v) is 7.17. The predicted molar refractivity (Wildman–Crippen MR) is 136 cm³/mol. The van der Waals surface area contributed by atoms with Crippen LogP contribution < -0.4 is 20.3 Å². The van der Waals surface area contributed by atoms with Gasteiger partial charge < -0.3 is 15.4 Å². The molecule has 2 heterocycles. The van der Waals surface area contributed by atoms with E-state index in [4.69, 9.17) is 28.6 Å².